The molecule has 25 heavy (non-hydrogen) atoms. The van der Waals surface area contributed by atoms with E-state index in [1.165, 1.54) is 10.7 Å². The zero-order valence-corrected chi connectivity index (χ0v) is 16.0. The molecule has 0 atom stereocenters. The molecular formula is C19H28N2O3S. The molecule has 138 valence electrons. The molecule has 0 radical (unpaired) electrons. The first-order valence-electron chi connectivity index (χ1n) is 9.26. The minimum atomic E-state index is -3.49. The van der Waals surface area contributed by atoms with E-state index in [9.17, 15) is 13.2 Å². The summed E-state index contributed by atoms with van der Waals surface area (Å²) in [6.07, 6.45) is 5.47. The molecule has 1 aliphatic carbocycles. The van der Waals surface area contributed by atoms with Gasteiger partial charge in [0, 0.05) is 32.1 Å². The van der Waals surface area contributed by atoms with Crippen LogP contribution in [-0.2, 0) is 14.8 Å². The molecule has 1 aromatic rings. The summed E-state index contributed by atoms with van der Waals surface area (Å²) in [5.74, 6) is 0.375. The summed E-state index contributed by atoms with van der Waals surface area (Å²) >= 11 is 0. The van der Waals surface area contributed by atoms with Crippen molar-refractivity contribution >= 4 is 15.9 Å². The Hall–Kier alpha value is -1.40. The van der Waals surface area contributed by atoms with E-state index in [2.05, 4.69) is 0 Å². The number of piperazine rings is 1. The van der Waals surface area contributed by atoms with Crippen LogP contribution in [0.1, 0.15) is 43.2 Å². The molecule has 1 aromatic carbocycles. The van der Waals surface area contributed by atoms with Crippen LogP contribution in [0, 0.1) is 19.8 Å². The Morgan fingerprint density at radius 3 is 2.24 bits per heavy atom. The van der Waals surface area contributed by atoms with E-state index in [1.807, 2.05) is 30.9 Å². The Morgan fingerprint density at radius 1 is 1.00 bits per heavy atom. The Bertz CT molecular complexity index is 731. The minimum Gasteiger partial charge on any atom is -0.340 e. The maximum absolute atomic E-state index is 12.9. The maximum Gasteiger partial charge on any atom is 0.243 e. The predicted octanol–water partition coefficient (Wildman–Crippen LogP) is 2.72. The molecule has 1 aliphatic heterocycles. The minimum absolute atomic E-state index is 0.149. The molecule has 0 spiro atoms. The average Bonchev–Trinajstić information content (AvgIpc) is 2.61. The van der Waals surface area contributed by atoms with Crippen LogP contribution < -0.4 is 0 Å². The van der Waals surface area contributed by atoms with Crippen LogP contribution in [0.25, 0.3) is 0 Å². The highest BCUT2D eigenvalue weighted by Crippen LogP contribution is 2.27. The second-order valence-electron chi connectivity index (χ2n) is 7.33. The fraction of sp³-hybridized carbons (Fsp3) is 0.632. The van der Waals surface area contributed by atoms with Gasteiger partial charge in [0.2, 0.25) is 15.9 Å². The summed E-state index contributed by atoms with van der Waals surface area (Å²) < 4.78 is 27.4. The van der Waals surface area contributed by atoms with Gasteiger partial charge in [-0.2, -0.15) is 4.31 Å². The number of amides is 1. The normalized spacial score (nSPS) is 20.6. The second-order valence-corrected chi connectivity index (χ2v) is 9.24. The second kappa shape index (κ2) is 7.46. The van der Waals surface area contributed by atoms with E-state index in [4.69, 9.17) is 0 Å². The van der Waals surface area contributed by atoms with Gasteiger partial charge in [0.1, 0.15) is 0 Å². The third-order valence-corrected chi connectivity index (χ3v) is 7.51. The number of carbonyl (C=O) groups excluding carboxylic acids is 1. The Balaban J connectivity index is 1.66. The lowest BCUT2D eigenvalue weighted by Crippen LogP contribution is -2.52. The summed E-state index contributed by atoms with van der Waals surface area (Å²) in [7, 11) is -3.49. The van der Waals surface area contributed by atoms with Gasteiger partial charge < -0.3 is 4.90 Å². The molecule has 1 heterocycles. The van der Waals surface area contributed by atoms with Crippen molar-refractivity contribution in [1.82, 2.24) is 9.21 Å². The number of aryl methyl sites for hydroxylation is 2. The molecule has 1 amide bonds. The van der Waals surface area contributed by atoms with Gasteiger partial charge >= 0.3 is 0 Å². The molecule has 5 nitrogen and oxygen atoms in total. The lowest BCUT2D eigenvalue weighted by molar-refractivity contribution is -0.137. The lowest BCUT2D eigenvalue weighted by atomic mass is 9.88. The van der Waals surface area contributed by atoms with Gasteiger partial charge in [-0.3, -0.25) is 4.79 Å². The first-order valence-corrected chi connectivity index (χ1v) is 10.7. The van der Waals surface area contributed by atoms with Gasteiger partial charge in [-0.05, 0) is 38.3 Å². The molecule has 0 N–H and O–H groups in total. The van der Waals surface area contributed by atoms with Crippen LogP contribution >= 0.6 is 0 Å². The molecule has 1 saturated heterocycles. The molecule has 1 saturated carbocycles. The first kappa shape index (κ1) is 18.4. The van der Waals surface area contributed by atoms with Gasteiger partial charge in [-0.1, -0.05) is 37.0 Å². The molecule has 2 aliphatic rings. The summed E-state index contributed by atoms with van der Waals surface area (Å²) in [6, 6.07) is 5.43. The number of hydrogen-bond acceptors (Lipinski definition) is 3. The standard InChI is InChI=1S/C19H28N2O3S/c1-15-8-9-18(16(2)14-15)25(23,24)21-12-10-20(11-13-21)19(22)17-6-4-3-5-7-17/h8-9,14,17H,3-7,10-13H2,1-2H3. The van der Waals surface area contributed by atoms with E-state index >= 15 is 0 Å². The average molecular weight is 365 g/mol. The van der Waals surface area contributed by atoms with Crippen molar-refractivity contribution in [2.75, 3.05) is 26.2 Å². The van der Waals surface area contributed by atoms with Gasteiger partial charge in [0.05, 0.1) is 4.90 Å². The third kappa shape index (κ3) is 3.90. The predicted molar refractivity (Wildman–Crippen MR) is 97.8 cm³/mol. The number of carbonyl (C=O) groups is 1. The first-order chi connectivity index (χ1) is 11.9. The van der Waals surface area contributed by atoms with E-state index in [0.29, 0.717) is 31.1 Å². The van der Waals surface area contributed by atoms with Crippen LogP contribution in [0.2, 0.25) is 0 Å². The maximum atomic E-state index is 12.9. The molecular weight excluding hydrogens is 336 g/mol. The highest BCUT2D eigenvalue weighted by molar-refractivity contribution is 7.89. The zero-order valence-electron chi connectivity index (χ0n) is 15.2. The van der Waals surface area contributed by atoms with Crippen molar-refractivity contribution < 1.29 is 13.2 Å². The van der Waals surface area contributed by atoms with Crippen molar-refractivity contribution in [2.24, 2.45) is 5.92 Å². The van der Waals surface area contributed by atoms with Crippen molar-refractivity contribution in [3.8, 4) is 0 Å². The topological polar surface area (TPSA) is 57.7 Å². The largest absolute Gasteiger partial charge is 0.340 e. The summed E-state index contributed by atoms with van der Waals surface area (Å²) in [4.78, 5) is 14.9. The van der Waals surface area contributed by atoms with E-state index in [1.54, 1.807) is 6.07 Å². The fourth-order valence-corrected chi connectivity index (χ4v) is 5.61. The molecule has 3 rings (SSSR count). The van der Waals surface area contributed by atoms with Crippen LogP contribution in [0.5, 0.6) is 0 Å². The smallest absolute Gasteiger partial charge is 0.243 e. The van der Waals surface area contributed by atoms with Crippen LogP contribution in [0.3, 0.4) is 0 Å². The quantitative estimate of drug-likeness (QED) is 0.829. The molecule has 2 fully saturated rings. The third-order valence-electron chi connectivity index (χ3n) is 5.45. The number of sulfonamides is 1. The summed E-state index contributed by atoms with van der Waals surface area (Å²) in [5, 5.41) is 0. The van der Waals surface area contributed by atoms with Crippen molar-refractivity contribution in [3.05, 3.63) is 29.3 Å². The summed E-state index contributed by atoms with van der Waals surface area (Å²) in [5.41, 5.74) is 1.83. The Morgan fingerprint density at radius 2 is 1.64 bits per heavy atom. The monoisotopic (exact) mass is 364 g/mol. The number of benzene rings is 1. The fourth-order valence-electron chi connectivity index (χ4n) is 3.98. The van der Waals surface area contributed by atoms with Gasteiger partial charge in [0.25, 0.3) is 0 Å². The van der Waals surface area contributed by atoms with Crippen molar-refractivity contribution in [2.45, 2.75) is 50.8 Å². The van der Waals surface area contributed by atoms with Gasteiger partial charge in [0.15, 0.2) is 0 Å². The van der Waals surface area contributed by atoms with Gasteiger partial charge in [-0.15, -0.1) is 0 Å². The highest BCUT2D eigenvalue weighted by Gasteiger charge is 2.33. The summed E-state index contributed by atoms with van der Waals surface area (Å²) in [6.45, 7) is 5.56. The number of rotatable bonds is 3. The van der Waals surface area contributed by atoms with E-state index < -0.39 is 10.0 Å². The van der Waals surface area contributed by atoms with Crippen LogP contribution in [-0.4, -0.2) is 49.7 Å². The Kier molecular flexibility index (Phi) is 5.49. The SMILES string of the molecule is Cc1ccc(S(=O)(=O)N2CCN(C(=O)C3CCCCC3)CC2)c(C)c1. The Labute approximate surface area is 151 Å². The van der Waals surface area contributed by atoms with E-state index in [0.717, 1.165) is 36.8 Å². The molecule has 6 heteroatoms. The van der Waals surface area contributed by atoms with E-state index in [-0.39, 0.29) is 11.8 Å². The number of hydrogen-bond donors (Lipinski definition) is 0. The van der Waals surface area contributed by atoms with Crippen LogP contribution in [0.15, 0.2) is 23.1 Å². The highest BCUT2D eigenvalue weighted by atomic mass is 32.2. The van der Waals surface area contributed by atoms with Crippen LogP contribution in [0.4, 0.5) is 0 Å². The molecule has 0 unspecified atom stereocenters. The number of nitrogens with zero attached hydrogens (tertiary/aromatic N) is 2. The lowest BCUT2D eigenvalue weighted by Gasteiger charge is -2.36. The molecule has 0 bridgehead atoms. The zero-order chi connectivity index (χ0) is 18.0. The van der Waals surface area contributed by atoms with Gasteiger partial charge in [-0.25, -0.2) is 8.42 Å². The van der Waals surface area contributed by atoms with Crippen molar-refractivity contribution in [1.29, 1.82) is 0 Å². The molecule has 0 aromatic heterocycles. The van der Waals surface area contributed by atoms with Crippen molar-refractivity contribution in [3.63, 3.8) is 0 Å².